The zero-order valence-corrected chi connectivity index (χ0v) is 18.6. The highest BCUT2D eigenvalue weighted by atomic mass is 35.5. The van der Waals surface area contributed by atoms with Gasteiger partial charge in [-0.25, -0.2) is 14.2 Å². The maximum atomic E-state index is 13.4. The zero-order valence-electron chi connectivity index (χ0n) is 17.8. The van der Waals surface area contributed by atoms with E-state index >= 15 is 0 Å². The van der Waals surface area contributed by atoms with Crippen LogP contribution in [0.2, 0.25) is 5.02 Å². The molecule has 3 aromatic carbocycles. The van der Waals surface area contributed by atoms with Crippen LogP contribution in [0.25, 0.3) is 22.2 Å². The summed E-state index contributed by atoms with van der Waals surface area (Å²) in [4.78, 5) is 19.3. The lowest BCUT2D eigenvalue weighted by atomic mass is 10.0. The number of aromatic nitrogens is 1. The standard InChI is InChI=1S/C25H21ClFN3O3/c1-32-22-7-3-2-5-17(22)15-8-11-23-20(13-15)29-24(33-23)21-6-4-12-30(21)25(31)28-16-9-10-19(27)18(26)14-16/h2-3,5,7-11,13-14,21H,4,6,12H2,1H3,(H,28,31)/t21-/m0/s1. The Balaban J connectivity index is 1.40. The van der Waals surface area contributed by atoms with Gasteiger partial charge in [0.15, 0.2) is 5.58 Å². The molecule has 1 aliphatic heterocycles. The molecule has 1 atom stereocenters. The molecule has 168 valence electrons. The predicted octanol–water partition coefficient (Wildman–Crippen LogP) is 6.66. The van der Waals surface area contributed by atoms with Crippen LogP contribution in [0.15, 0.2) is 65.1 Å². The van der Waals surface area contributed by atoms with E-state index in [0.29, 0.717) is 29.2 Å². The van der Waals surface area contributed by atoms with Crippen LogP contribution >= 0.6 is 11.6 Å². The smallest absolute Gasteiger partial charge is 0.322 e. The molecule has 0 spiro atoms. The number of anilines is 1. The minimum atomic E-state index is -0.535. The van der Waals surface area contributed by atoms with Crippen LogP contribution in [0.3, 0.4) is 0 Å². The van der Waals surface area contributed by atoms with Gasteiger partial charge in [0, 0.05) is 17.8 Å². The average Bonchev–Trinajstić information content (AvgIpc) is 3.48. The number of hydrogen-bond donors (Lipinski definition) is 1. The molecule has 0 radical (unpaired) electrons. The Hall–Kier alpha value is -3.58. The van der Waals surface area contributed by atoms with Crippen LogP contribution in [0.5, 0.6) is 5.75 Å². The number of para-hydroxylation sites is 1. The molecule has 5 rings (SSSR count). The fourth-order valence-electron chi connectivity index (χ4n) is 4.17. The van der Waals surface area contributed by atoms with E-state index in [1.54, 1.807) is 12.0 Å². The maximum Gasteiger partial charge on any atom is 0.322 e. The summed E-state index contributed by atoms with van der Waals surface area (Å²) < 4.78 is 24.9. The maximum absolute atomic E-state index is 13.4. The van der Waals surface area contributed by atoms with Crippen molar-refractivity contribution in [3.63, 3.8) is 0 Å². The van der Waals surface area contributed by atoms with Crippen molar-refractivity contribution in [2.45, 2.75) is 18.9 Å². The molecule has 2 heterocycles. The summed E-state index contributed by atoms with van der Waals surface area (Å²) in [5, 5.41) is 2.74. The van der Waals surface area contributed by atoms with Gasteiger partial charge >= 0.3 is 6.03 Å². The predicted molar refractivity (Wildman–Crippen MR) is 125 cm³/mol. The molecule has 1 saturated heterocycles. The van der Waals surface area contributed by atoms with Crippen LogP contribution in [-0.2, 0) is 0 Å². The quantitative estimate of drug-likeness (QED) is 0.365. The Morgan fingerprint density at radius 2 is 2.06 bits per heavy atom. The first kappa shape index (κ1) is 21.3. The first-order valence-corrected chi connectivity index (χ1v) is 11.0. The number of nitrogens with one attached hydrogen (secondary N) is 1. The van der Waals surface area contributed by atoms with Crippen molar-refractivity contribution >= 4 is 34.4 Å². The molecule has 1 aliphatic rings. The van der Waals surface area contributed by atoms with Gasteiger partial charge < -0.3 is 19.4 Å². The van der Waals surface area contributed by atoms with E-state index in [1.807, 2.05) is 42.5 Å². The Bertz CT molecular complexity index is 1340. The van der Waals surface area contributed by atoms with Crippen molar-refractivity contribution in [2.24, 2.45) is 0 Å². The number of fused-ring (bicyclic) bond motifs is 1. The number of amides is 2. The zero-order chi connectivity index (χ0) is 22.9. The van der Waals surface area contributed by atoms with Crippen molar-refractivity contribution in [3.8, 4) is 16.9 Å². The van der Waals surface area contributed by atoms with E-state index < -0.39 is 5.82 Å². The third-order valence-electron chi connectivity index (χ3n) is 5.79. The molecule has 2 amide bonds. The first-order chi connectivity index (χ1) is 16.0. The highest BCUT2D eigenvalue weighted by Gasteiger charge is 2.33. The van der Waals surface area contributed by atoms with Gasteiger partial charge in [0.25, 0.3) is 0 Å². The number of methoxy groups -OCH3 is 1. The average molecular weight is 466 g/mol. The molecule has 0 saturated carbocycles. The summed E-state index contributed by atoms with van der Waals surface area (Å²) >= 11 is 5.83. The van der Waals surface area contributed by atoms with Crippen molar-refractivity contribution in [3.05, 3.63) is 77.4 Å². The van der Waals surface area contributed by atoms with Crippen molar-refractivity contribution in [1.29, 1.82) is 0 Å². The minimum absolute atomic E-state index is 0.0458. The third kappa shape index (κ3) is 4.12. The van der Waals surface area contributed by atoms with E-state index in [0.717, 1.165) is 29.7 Å². The fourth-order valence-corrected chi connectivity index (χ4v) is 4.35. The largest absolute Gasteiger partial charge is 0.496 e. The van der Waals surface area contributed by atoms with Gasteiger partial charge in [-0.05, 0) is 54.8 Å². The lowest BCUT2D eigenvalue weighted by Gasteiger charge is -2.22. The molecular formula is C25H21ClFN3O3. The first-order valence-electron chi connectivity index (χ1n) is 10.6. The Morgan fingerprint density at radius 3 is 2.88 bits per heavy atom. The second-order valence-electron chi connectivity index (χ2n) is 7.85. The van der Waals surface area contributed by atoms with Crippen LogP contribution in [0.1, 0.15) is 24.8 Å². The van der Waals surface area contributed by atoms with Crippen molar-refractivity contribution in [2.75, 3.05) is 19.0 Å². The summed E-state index contributed by atoms with van der Waals surface area (Å²) in [6.07, 6.45) is 1.57. The van der Waals surface area contributed by atoms with E-state index in [4.69, 9.17) is 25.7 Å². The number of oxazole rings is 1. The molecule has 0 aliphatic carbocycles. The molecule has 4 aromatic rings. The number of rotatable bonds is 4. The number of hydrogen-bond acceptors (Lipinski definition) is 4. The topological polar surface area (TPSA) is 67.6 Å². The van der Waals surface area contributed by atoms with Crippen LogP contribution in [0.4, 0.5) is 14.9 Å². The van der Waals surface area contributed by atoms with Gasteiger partial charge in [0.2, 0.25) is 5.89 Å². The molecule has 0 unspecified atom stereocenters. The summed E-state index contributed by atoms with van der Waals surface area (Å²) in [7, 11) is 1.64. The number of benzene rings is 3. The third-order valence-corrected chi connectivity index (χ3v) is 6.08. The fraction of sp³-hybridized carbons (Fsp3) is 0.200. The number of likely N-dealkylation sites (tertiary alicyclic amines) is 1. The summed E-state index contributed by atoms with van der Waals surface area (Å²) in [5.41, 5.74) is 3.73. The number of nitrogens with zero attached hydrogens (tertiary/aromatic N) is 2. The minimum Gasteiger partial charge on any atom is -0.496 e. The molecular weight excluding hydrogens is 445 g/mol. The molecule has 1 fully saturated rings. The second kappa shape index (κ2) is 8.75. The van der Waals surface area contributed by atoms with Crippen LogP contribution in [-0.4, -0.2) is 29.6 Å². The molecule has 8 heteroatoms. The molecule has 1 aromatic heterocycles. The van der Waals surface area contributed by atoms with Crippen LogP contribution in [0, 0.1) is 5.82 Å². The van der Waals surface area contributed by atoms with Crippen molar-refractivity contribution in [1.82, 2.24) is 9.88 Å². The number of urea groups is 1. The van der Waals surface area contributed by atoms with Gasteiger partial charge in [-0.3, -0.25) is 0 Å². The molecule has 33 heavy (non-hydrogen) atoms. The molecule has 0 bridgehead atoms. The van der Waals surface area contributed by atoms with Gasteiger partial charge in [-0.1, -0.05) is 35.9 Å². The van der Waals surface area contributed by atoms with E-state index in [1.165, 1.54) is 18.2 Å². The normalized spacial score (nSPS) is 15.7. The van der Waals surface area contributed by atoms with Gasteiger partial charge in [0.05, 0.1) is 12.1 Å². The Labute approximate surface area is 194 Å². The van der Waals surface area contributed by atoms with E-state index in [9.17, 15) is 9.18 Å². The van der Waals surface area contributed by atoms with Crippen LogP contribution < -0.4 is 10.1 Å². The molecule has 6 nitrogen and oxygen atoms in total. The number of ether oxygens (including phenoxy) is 1. The summed E-state index contributed by atoms with van der Waals surface area (Å²) in [6.45, 7) is 0.566. The highest BCUT2D eigenvalue weighted by molar-refractivity contribution is 6.31. The van der Waals surface area contributed by atoms with Gasteiger partial charge in [0.1, 0.15) is 23.1 Å². The van der Waals surface area contributed by atoms with E-state index in [2.05, 4.69) is 5.32 Å². The SMILES string of the molecule is COc1ccccc1-c1ccc2oc([C@@H]3CCCN3C(=O)Nc3ccc(F)c(Cl)c3)nc2c1. The summed E-state index contributed by atoms with van der Waals surface area (Å²) in [5.74, 6) is 0.736. The lowest BCUT2D eigenvalue weighted by Crippen LogP contribution is -2.34. The molecule has 1 N–H and O–H groups in total. The van der Waals surface area contributed by atoms with Gasteiger partial charge in [-0.2, -0.15) is 0 Å². The Kier molecular flexibility index (Phi) is 5.64. The second-order valence-corrected chi connectivity index (χ2v) is 8.25. The summed E-state index contributed by atoms with van der Waals surface area (Å²) in [6, 6.07) is 17.1. The lowest BCUT2D eigenvalue weighted by molar-refractivity contribution is 0.199. The number of carbonyl (C=O) groups is 1. The number of halogens is 2. The van der Waals surface area contributed by atoms with E-state index in [-0.39, 0.29) is 17.1 Å². The highest BCUT2D eigenvalue weighted by Crippen LogP contribution is 2.36. The van der Waals surface area contributed by atoms with Gasteiger partial charge in [-0.15, -0.1) is 0 Å². The Morgan fingerprint density at radius 1 is 1.21 bits per heavy atom. The monoisotopic (exact) mass is 465 g/mol. The number of carbonyl (C=O) groups excluding carboxylic acids is 1. The van der Waals surface area contributed by atoms with Crippen molar-refractivity contribution < 1.29 is 18.3 Å².